The van der Waals surface area contributed by atoms with Crippen molar-refractivity contribution in [2.45, 2.75) is 46.3 Å². The van der Waals surface area contributed by atoms with Crippen LogP contribution in [0.3, 0.4) is 0 Å². The van der Waals surface area contributed by atoms with Crippen LogP contribution in [0.4, 0.5) is 8.78 Å². The second-order valence-corrected chi connectivity index (χ2v) is 7.59. The highest BCUT2D eigenvalue weighted by atomic mass is 19.3. The summed E-state index contributed by atoms with van der Waals surface area (Å²) in [5.41, 5.74) is 2.39. The Bertz CT molecular complexity index is 1250. The Morgan fingerprint density at radius 2 is 1.91 bits per heavy atom. The molecule has 0 saturated carbocycles. The predicted octanol–water partition coefficient (Wildman–Crippen LogP) is 4.44. The van der Waals surface area contributed by atoms with Crippen molar-refractivity contribution in [3.8, 4) is 11.3 Å². The minimum atomic E-state index is -2.69. The van der Waals surface area contributed by atoms with Gasteiger partial charge >= 0.3 is 0 Å². The highest BCUT2D eigenvalue weighted by Crippen LogP contribution is 2.33. The zero-order valence-electron chi connectivity index (χ0n) is 18.1. The third kappa shape index (κ3) is 4.23. The second kappa shape index (κ2) is 8.86. The van der Waals surface area contributed by atoms with Gasteiger partial charge in [-0.25, -0.2) is 18.4 Å². The number of carbonyl (C=O) groups is 1. The molecule has 7 nitrogen and oxygen atoms in total. The van der Waals surface area contributed by atoms with Crippen LogP contribution in [0, 0.1) is 6.92 Å². The van der Waals surface area contributed by atoms with Gasteiger partial charge < -0.3 is 5.32 Å². The first-order valence-corrected chi connectivity index (χ1v) is 10.4. The number of carbonyl (C=O) groups excluding carboxylic acids is 1. The number of halogens is 2. The Morgan fingerprint density at radius 3 is 2.56 bits per heavy atom. The zero-order chi connectivity index (χ0) is 22.8. The van der Waals surface area contributed by atoms with Crippen LogP contribution in [-0.4, -0.2) is 30.5 Å². The Balaban J connectivity index is 1.66. The summed E-state index contributed by atoms with van der Waals surface area (Å²) in [5.74, 6) is -0.307. The van der Waals surface area contributed by atoms with Crippen molar-refractivity contribution in [1.29, 1.82) is 0 Å². The third-order valence-corrected chi connectivity index (χ3v) is 5.31. The lowest BCUT2D eigenvalue weighted by atomic mass is 10.1. The van der Waals surface area contributed by atoms with E-state index in [-0.39, 0.29) is 35.1 Å². The molecule has 0 saturated heterocycles. The maximum Gasteiger partial charge on any atom is 0.264 e. The molecule has 0 fully saturated rings. The van der Waals surface area contributed by atoms with E-state index in [0.29, 0.717) is 17.0 Å². The number of rotatable bonds is 7. The molecule has 0 bridgehead atoms. The van der Waals surface area contributed by atoms with E-state index in [9.17, 15) is 13.6 Å². The number of hydrogen-bond donors (Lipinski definition) is 1. The fourth-order valence-electron chi connectivity index (χ4n) is 3.71. The molecule has 0 radical (unpaired) electrons. The summed E-state index contributed by atoms with van der Waals surface area (Å²) < 4.78 is 30.9. The van der Waals surface area contributed by atoms with Gasteiger partial charge in [-0.2, -0.15) is 10.2 Å². The number of nitrogens with zero attached hydrogens (tertiary/aromatic N) is 5. The number of alkyl halides is 2. The summed E-state index contributed by atoms with van der Waals surface area (Å²) in [7, 11) is 0. The van der Waals surface area contributed by atoms with E-state index < -0.39 is 6.43 Å². The molecule has 0 aliphatic heterocycles. The van der Waals surface area contributed by atoms with E-state index in [2.05, 4.69) is 20.5 Å². The van der Waals surface area contributed by atoms with Crippen molar-refractivity contribution in [2.75, 3.05) is 0 Å². The van der Waals surface area contributed by atoms with E-state index >= 15 is 0 Å². The molecule has 1 atom stereocenters. The van der Waals surface area contributed by atoms with Gasteiger partial charge in [-0.05, 0) is 32.9 Å². The minimum absolute atomic E-state index is 0.142. The van der Waals surface area contributed by atoms with Gasteiger partial charge in [-0.1, -0.05) is 30.3 Å². The second-order valence-electron chi connectivity index (χ2n) is 7.59. The third-order valence-electron chi connectivity index (χ3n) is 5.31. The van der Waals surface area contributed by atoms with Crippen LogP contribution in [-0.2, 0) is 17.9 Å². The fourth-order valence-corrected chi connectivity index (χ4v) is 3.71. The zero-order valence-corrected chi connectivity index (χ0v) is 18.1. The summed E-state index contributed by atoms with van der Waals surface area (Å²) in [6.07, 6.45) is -0.842. The summed E-state index contributed by atoms with van der Waals surface area (Å²) in [4.78, 5) is 17.3. The van der Waals surface area contributed by atoms with Crippen molar-refractivity contribution in [3.05, 3.63) is 65.6 Å². The van der Waals surface area contributed by atoms with Crippen molar-refractivity contribution < 1.29 is 13.6 Å². The molecule has 0 aliphatic carbocycles. The highest BCUT2D eigenvalue weighted by Gasteiger charge is 2.22. The van der Waals surface area contributed by atoms with Gasteiger partial charge in [0, 0.05) is 23.9 Å². The average molecular weight is 438 g/mol. The quantitative estimate of drug-likeness (QED) is 0.463. The van der Waals surface area contributed by atoms with Crippen LogP contribution < -0.4 is 5.32 Å². The van der Waals surface area contributed by atoms with Gasteiger partial charge in [-0.15, -0.1) is 0 Å². The summed E-state index contributed by atoms with van der Waals surface area (Å²) in [6, 6.07) is 12.0. The van der Waals surface area contributed by atoms with E-state index in [1.165, 1.54) is 10.7 Å². The number of benzene rings is 1. The molecule has 4 rings (SSSR count). The monoisotopic (exact) mass is 438 g/mol. The number of amides is 1. The molecule has 0 aliphatic rings. The largest absolute Gasteiger partial charge is 0.346 e. The topological polar surface area (TPSA) is 77.6 Å². The number of aryl methyl sites for hydroxylation is 2. The summed E-state index contributed by atoms with van der Waals surface area (Å²) in [5, 5.41) is 11.9. The maximum atomic E-state index is 13.9. The van der Waals surface area contributed by atoms with Gasteiger partial charge in [0.05, 0.1) is 28.5 Å². The lowest BCUT2D eigenvalue weighted by Crippen LogP contribution is -2.30. The lowest BCUT2D eigenvalue weighted by Gasteiger charge is -2.12. The Kier molecular flexibility index (Phi) is 5.98. The Hall–Kier alpha value is -3.62. The first-order chi connectivity index (χ1) is 15.4. The molecule has 1 unspecified atom stereocenters. The standard InChI is InChI=1S/C23H24F2N6O/c1-4-30-11-10-18(29-30)14(2)26-20(32)13-31-23-21(15(3)28-31)17(22(24)25)12-19(27-23)16-8-6-5-7-9-16/h5-12,14,22H,4,13H2,1-3H3,(H,26,32). The SMILES string of the molecule is CCn1ccc(C(C)NC(=O)Cn2nc(C)c3c(C(F)F)cc(-c4ccccc4)nc32)n1. The van der Waals surface area contributed by atoms with Crippen LogP contribution in [0.2, 0.25) is 0 Å². The number of hydrogen-bond acceptors (Lipinski definition) is 4. The number of nitrogens with one attached hydrogen (secondary N) is 1. The van der Waals surface area contributed by atoms with E-state index in [1.807, 2.05) is 44.3 Å². The molecule has 9 heteroatoms. The van der Waals surface area contributed by atoms with Crippen molar-refractivity contribution >= 4 is 16.9 Å². The van der Waals surface area contributed by atoms with Crippen molar-refractivity contribution in [2.24, 2.45) is 0 Å². The van der Waals surface area contributed by atoms with Crippen LogP contribution in [0.25, 0.3) is 22.3 Å². The molecule has 1 amide bonds. The molecule has 4 aromatic rings. The molecule has 166 valence electrons. The Morgan fingerprint density at radius 1 is 1.16 bits per heavy atom. The van der Waals surface area contributed by atoms with Crippen LogP contribution in [0.5, 0.6) is 0 Å². The first-order valence-electron chi connectivity index (χ1n) is 10.4. The van der Waals surface area contributed by atoms with Gasteiger partial charge in [0.25, 0.3) is 6.43 Å². The summed E-state index contributed by atoms with van der Waals surface area (Å²) in [6.45, 7) is 6.06. The molecule has 1 aromatic carbocycles. The molecular formula is C23H24F2N6O. The van der Waals surface area contributed by atoms with Gasteiger partial charge in [-0.3, -0.25) is 9.48 Å². The first kappa shape index (κ1) is 21.6. The number of fused-ring (bicyclic) bond motifs is 1. The van der Waals surface area contributed by atoms with Crippen LogP contribution >= 0.6 is 0 Å². The lowest BCUT2D eigenvalue weighted by molar-refractivity contribution is -0.122. The van der Waals surface area contributed by atoms with E-state index in [1.54, 1.807) is 23.7 Å². The van der Waals surface area contributed by atoms with Gasteiger partial charge in [0.15, 0.2) is 5.65 Å². The Labute approximate surface area is 184 Å². The van der Waals surface area contributed by atoms with E-state index in [4.69, 9.17) is 0 Å². The number of pyridine rings is 1. The molecule has 3 aromatic heterocycles. The van der Waals surface area contributed by atoms with Crippen LogP contribution in [0.1, 0.15) is 43.3 Å². The van der Waals surface area contributed by atoms with Crippen LogP contribution in [0.15, 0.2) is 48.7 Å². The molecule has 1 N–H and O–H groups in total. The average Bonchev–Trinajstić information content (AvgIpc) is 3.38. The van der Waals surface area contributed by atoms with Crippen molar-refractivity contribution in [1.82, 2.24) is 29.9 Å². The predicted molar refractivity (Wildman–Crippen MR) is 117 cm³/mol. The maximum absolute atomic E-state index is 13.9. The molecular weight excluding hydrogens is 414 g/mol. The highest BCUT2D eigenvalue weighted by molar-refractivity contribution is 5.87. The molecule has 0 spiro atoms. The molecule has 32 heavy (non-hydrogen) atoms. The minimum Gasteiger partial charge on any atom is -0.346 e. The van der Waals surface area contributed by atoms with Gasteiger partial charge in [0.1, 0.15) is 6.54 Å². The van der Waals surface area contributed by atoms with Crippen molar-refractivity contribution in [3.63, 3.8) is 0 Å². The smallest absolute Gasteiger partial charge is 0.264 e. The molecule has 3 heterocycles. The van der Waals surface area contributed by atoms with E-state index in [0.717, 1.165) is 12.2 Å². The normalized spacial score (nSPS) is 12.4. The number of aromatic nitrogens is 5. The summed E-state index contributed by atoms with van der Waals surface area (Å²) >= 11 is 0. The van der Waals surface area contributed by atoms with Gasteiger partial charge in [0.2, 0.25) is 5.91 Å². The fraction of sp³-hybridized carbons (Fsp3) is 0.304.